The third-order valence-electron chi connectivity index (χ3n) is 4.84. The lowest BCUT2D eigenvalue weighted by molar-refractivity contribution is 0.0793. The number of pyridine rings is 1. The van der Waals surface area contributed by atoms with Gasteiger partial charge in [0.25, 0.3) is 5.91 Å². The lowest BCUT2D eigenvalue weighted by atomic mass is 10.1. The predicted octanol–water partition coefficient (Wildman–Crippen LogP) is 5.94. The summed E-state index contributed by atoms with van der Waals surface area (Å²) in [5, 5.41) is 4.90. The van der Waals surface area contributed by atoms with Crippen LogP contribution < -0.4 is 5.32 Å². The van der Waals surface area contributed by atoms with Gasteiger partial charge in [-0.25, -0.2) is 0 Å². The number of nitrogens with zero attached hydrogens (tertiary/aromatic N) is 2. The molecule has 0 bridgehead atoms. The van der Waals surface area contributed by atoms with Crippen molar-refractivity contribution in [2.24, 2.45) is 0 Å². The minimum Gasteiger partial charge on any atom is -0.353 e. The number of amides is 1. The summed E-state index contributed by atoms with van der Waals surface area (Å²) < 4.78 is 0.939. The average Bonchev–Trinajstić information content (AvgIpc) is 3.18. The Morgan fingerprint density at radius 3 is 2.70 bits per heavy atom. The van der Waals surface area contributed by atoms with Crippen LogP contribution in [0.2, 0.25) is 5.02 Å². The molecule has 1 aliphatic rings. The highest BCUT2D eigenvalue weighted by atomic mass is 79.9. The fourth-order valence-electron chi connectivity index (χ4n) is 3.41. The zero-order chi connectivity index (χ0) is 19.0. The van der Waals surface area contributed by atoms with E-state index in [1.54, 1.807) is 6.20 Å². The van der Waals surface area contributed by atoms with Crippen LogP contribution in [0.5, 0.6) is 0 Å². The van der Waals surface area contributed by atoms with E-state index in [4.69, 9.17) is 11.6 Å². The Labute approximate surface area is 171 Å². The first-order valence-electron chi connectivity index (χ1n) is 8.93. The number of carbonyl (C=O) groups is 1. The van der Waals surface area contributed by atoms with Crippen LogP contribution in [0, 0.1) is 6.92 Å². The summed E-state index contributed by atoms with van der Waals surface area (Å²) in [6.07, 6.45) is 3.76. The van der Waals surface area contributed by atoms with E-state index >= 15 is 0 Å². The van der Waals surface area contributed by atoms with Crippen molar-refractivity contribution in [2.75, 3.05) is 18.4 Å². The maximum absolute atomic E-state index is 13.1. The molecule has 27 heavy (non-hydrogen) atoms. The monoisotopic (exact) mass is 443 g/mol. The third-order valence-corrected chi connectivity index (χ3v) is 5.73. The van der Waals surface area contributed by atoms with E-state index in [0.29, 0.717) is 10.6 Å². The molecule has 1 aromatic heterocycles. The Bertz CT molecular complexity index is 1030. The second-order valence-electron chi connectivity index (χ2n) is 6.82. The molecule has 3 aromatic rings. The van der Waals surface area contributed by atoms with Gasteiger partial charge in [-0.15, -0.1) is 0 Å². The molecule has 0 unspecified atom stereocenters. The molecule has 138 valence electrons. The predicted molar refractivity (Wildman–Crippen MR) is 114 cm³/mol. The summed E-state index contributed by atoms with van der Waals surface area (Å²) in [6, 6.07) is 11.6. The number of anilines is 2. The fourth-order valence-corrected chi connectivity index (χ4v) is 4.17. The molecule has 1 saturated heterocycles. The molecular formula is C21H19BrClN3O. The van der Waals surface area contributed by atoms with Gasteiger partial charge in [-0.3, -0.25) is 9.78 Å². The number of hydrogen-bond acceptors (Lipinski definition) is 3. The number of benzene rings is 2. The highest BCUT2D eigenvalue weighted by Gasteiger charge is 2.24. The molecule has 4 nitrogen and oxygen atoms in total. The van der Waals surface area contributed by atoms with E-state index in [9.17, 15) is 4.79 Å². The number of halogens is 2. The van der Waals surface area contributed by atoms with Gasteiger partial charge in [0.15, 0.2) is 0 Å². The number of hydrogen-bond donors (Lipinski definition) is 1. The van der Waals surface area contributed by atoms with Gasteiger partial charge >= 0.3 is 0 Å². The highest BCUT2D eigenvalue weighted by Crippen LogP contribution is 2.34. The van der Waals surface area contributed by atoms with E-state index in [1.807, 2.05) is 48.2 Å². The van der Waals surface area contributed by atoms with Crippen molar-refractivity contribution in [1.82, 2.24) is 9.88 Å². The number of carbonyl (C=O) groups excluding carboxylic acids is 1. The van der Waals surface area contributed by atoms with Crippen LogP contribution in [0.25, 0.3) is 10.9 Å². The summed E-state index contributed by atoms with van der Waals surface area (Å²) in [6.45, 7) is 3.62. The zero-order valence-electron chi connectivity index (χ0n) is 14.9. The van der Waals surface area contributed by atoms with Crippen LogP contribution in [0.3, 0.4) is 0 Å². The number of aromatic nitrogens is 1. The standard InChI is InChI=1S/C21H19BrClN3O/c1-13-4-6-19(17(22)10-13)25-20-15-11-14(23)5-7-18(15)24-12-16(20)21(27)26-8-2-3-9-26/h4-7,10-12H,2-3,8-9H2,1H3,(H,24,25). The van der Waals surface area contributed by atoms with Gasteiger partial charge in [-0.05, 0) is 71.6 Å². The molecule has 0 saturated carbocycles. The van der Waals surface area contributed by atoms with Gasteiger partial charge in [0, 0.05) is 34.2 Å². The third kappa shape index (κ3) is 3.66. The maximum atomic E-state index is 13.1. The zero-order valence-corrected chi connectivity index (χ0v) is 17.3. The first-order chi connectivity index (χ1) is 13.0. The van der Waals surface area contributed by atoms with Crippen molar-refractivity contribution in [3.63, 3.8) is 0 Å². The van der Waals surface area contributed by atoms with E-state index < -0.39 is 0 Å². The molecule has 1 N–H and O–H groups in total. The van der Waals surface area contributed by atoms with Crippen molar-refractivity contribution in [1.29, 1.82) is 0 Å². The number of rotatable bonds is 3. The molecule has 1 fully saturated rings. The van der Waals surface area contributed by atoms with E-state index in [0.717, 1.165) is 58.2 Å². The van der Waals surface area contributed by atoms with Crippen LogP contribution in [-0.4, -0.2) is 28.9 Å². The summed E-state index contributed by atoms with van der Waals surface area (Å²) in [7, 11) is 0. The van der Waals surface area contributed by atoms with Crippen molar-refractivity contribution in [2.45, 2.75) is 19.8 Å². The minimum absolute atomic E-state index is 0.00705. The molecule has 4 rings (SSSR count). The topological polar surface area (TPSA) is 45.2 Å². The van der Waals surface area contributed by atoms with Gasteiger partial charge in [0.1, 0.15) is 0 Å². The number of aryl methyl sites for hydroxylation is 1. The summed E-state index contributed by atoms with van der Waals surface area (Å²) in [5.41, 5.74) is 4.15. The quantitative estimate of drug-likeness (QED) is 0.544. The van der Waals surface area contributed by atoms with Gasteiger partial charge in [0.05, 0.1) is 22.5 Å². The molecule has 0 radical (unpaired) electrons. The van der Waals surface area contributed by atoms with Crippen molar-refractivity contribution in [3.05, 3.63) is 63.2 Å². The van der Waals surface area contributed by atoms with E-state index in [2.05, 4.69) is 26.2 Å². The van der Waals surface area contributed by atoms with Gasteiger partial charge < -0.3 is 10.2 Å². The number of fused-ring (bicyclic) bond motifs is 1. The van der Waals surface area contributed by atoms with E-state index in [1.165, 1.54) is 0 Å². The second-order valence-corrected chi connectivity index (χ2v) is 8.11. The molecule has 2 aromatic carbocycles. The Balaban J connectivity index is 1.87. The Kier molecular flexibility index (Phi) is 5.06. The van der Waals surface area contributed by atoms with Crippen molar-refractivity contribution < 1.29 is 4.79 Å². The minimum atomic E-state index is 0.00705. The molecule has 6 heteroatoms. The smallest absolute Gasteiger partial charge is 0.257 e. The lowest BCUT2D eigenvalue weighted by Gasteiger charge is -2.20. The Morgan fingerprint density at radius 2 is 1.96 bits per heavy atom. The number of likely N-dealkylation sites (tertiary alicyclic amines) is 1. The van der Waals surface area contributed by atoms with Crippen LogP contribution in [0.4, 0.5) is 11.4 Å². The molecule has 0 atom stereocenters. The van der Waals surface area contributed by atoms with Crippen LogP contribution in [0.15, 0.2) is 47.1 Å². The van der Waals surface area contributed by atoms with Gasteiger partial charge in [-0.2, -0.15) is 0 Å². The SMILES string of the molecule is Cc1ccc(Nc2c(C(=O)N3CCCC3)cnc3ccc(Cl)cc23)c(Br)c1. The van der Waals surface area contributed by atoms with Gasteiger partial charge in [-0.1, -0.05) is 17.7 Å². The van der Waals surface area contributed by atoms with Gasteiger partial charge in [0.2, 0.25) is 0 Å². The molecule has 2 heterocycles. The lowest BCUT2D eigenvalue weighted by Crippen LogP contribution is -2.28. The van der Waals surface area contributed by atoms with Crippen LogP contribution in [-0.2, 0) is 0 Å². The summed E-state index contributed by atoms with van der Waals surface area (Å²) in [4.78, 5) is 19.5. The molecule has 0 spiro atoms. The number of nitrogens with one attached hydrogen (secondary N) is 1. The Hall–Kier alpha value is -2.11. The van der Waals surface area contributed by atoms with Crippen molar-refractivity contribution >= 4 is 55.7 Å². The Morgan fingerprint density at radius 1 is 1.19 bits per heavy atom. The molecular weight excluding hydrogens is 426 g/mol. The highest BCUT2D eigenvalue weighted by molar-refractivity contribution is 9.10. The first-order valence-corrected chi connectivity index (χ1v) is 10.1. The summed E-state index contributed by atoms with van der Waals surface area (Å²) >= 11 is 9.86. The normalized spacial score (nSPS) is 14.0. The fraction of sp³-hybridized carbons (Fsp3) is 0.238. The molecule has 1 amide bonds. The largest absolute Gasteiger partial charge is 0.353 e. The average molecular weight is 445 g/mol. The molecule has 1 aliphatic heterocycles. The van der Waals surface area contributed by atoms with Crippen LogP contribution in [0.1, 0.15) is 28.8 Å². The van der Waals surface area contributed by atoms with Crippen LogP contribution >= 0.6 is 27.5 Å². The second kappa shape index (κ2) is 7.49. The van der Waals surface area contributed by atoms with E-state index in [-0.39, 0.29) is 5.91 Å². The first kappa shape index (κ1) is 18.3. The van der Waals surface area contributed by atoms with Crippen molar-refractivity contribution in [3.8, 4) is 0 Å². The summed E-state index contributed by atoms with van der Waals surface area (Å²) in [5.74, 6) is 0.00705. The molecule has 0 aliphatic carbocycles. The maximum Gasteiger partial charge on any atom is 0.257 e.